The van der Waals surface area contributed by atoms with Crippen molar-refractivity contribution < 1.29 is 20.1 Å². The summed E-state index contributed by atoms with van der Waals surface area (Å²) in [6, 6.07) is 6.79. The van der Waals surface area contributed by atoms with Crippen LogP contribution in [0.2, 0.25) is 0 Å². The van der Waals surface area contributed by atoms with Crippen LogP contribution in [-0.4, -0.2) is 33.9 Å². The van der Waals surface area contributed by atoms with Crippen molar-refractivity contribution in [3.8, 4) is 11.8 Å². The van der Waals surface area contributed by atoms with Gasteiger partial charge in [0.15, 0.2) is 0 Å². The molecule has 0 spiro atoms. The van der Waals surface area contributed by atoms with E-state index in [2.05, 4.69) is 18.8 Å². The van der Waals surface area contributed by atoms with Gasteiger partial charge in [0, 0.05) is 18.9 Å². The summed E-state index contributed by atoms with van der Waals surface area (Å²) >= 11 is 0. The fourth-order valence-corrected chi connectivity index (χ4v) is 2.66. The molecule has 0 aliphatic heterocycles. The first-order chi connectivity index (χ1) is 13.4. The molecule has 0 radical (unpaired) electrons. The Hall–Kier alpha value is -1.87. The Balaban J connectivity index is 0.00000165. The second-order valence-electron chi connectivity index (χ2n) is 6.96. The number of carbonyl (C=O) groups is 1. The predicted molar refractivity (Wildman–Crippen MR) is 114 cm³/mol. The Kier molecular flexibility index (Phi) is 16.1. The van der Waals surface area contributed by atoms with E-state index in [-0.39, 0.29) is 6.61 Å². The van der Waals surface area contributed by atoms with Gasteiger partial charge in [-0.3, -0.25) is 4.79 Å². The molecule has 0 saturated carbocycles. The zero-order chi connectivity index (χ0) is 21.2. The first-order valence-corrected chi connectivity index (χ1v) is 10.2. The topological polar surface area (TPSA) is 104 Å². The molecule has 0 fully saturated rings. The zero-order valence-electron chi connectivity index (χ0n) is 17.4. The van der Waals surface area contributed by atoms with Crippen molar-refractivity contribution >= 4 is 5.97 Å². The van der Waals surface area contributed by atoms with Gasteiger partial charge in [0.25, 0.3) is 5.97 Å². The Morgan fingerprint density at radius 2 is 1.68 bits per heavy atom. The molecule has 0 bridgehead atoms. The fourth-order valence-electron chi connectivity index (χ4n) is 2.66. The highest BCUT2D eigenvalue weighted by Crippen LogP contribution is 2.16. The summed E-state index contributed by atoms with van der Waals surface area (Å²) in [4.78, 5) is 9.00. The van der Waals surface area contributed by atoms with E-state index in [1.165, 1.54) is 44.9 Å². The summed E-state index contributed by atoms with van der Waals surface area (Å²) < 4.78 is 0. The highest BCUT2D eigenvalue weighted by atomic mass is 16.4. The van der Waals surface area contributed by atoms with E-state index in [0.29, 0.717) is 5.56 Å². The van der Waals surface area contributed by atoms with Crippen LogP contribution in [0.4, 0.5) is 0 Å². The molecular formula is C23H37NO4. The van der Waals surface area contributed by atoms with Crippen molar-refractivity contribution in [1.29, 1.82) is 0 Å². The number of unbranched alkanes of at least 4 members (excludes halogenated alkanes) is 8. The van der Waals surface area contributed by atoms with Crippen LogP contribution in [0.15, 0.2) is 24.3 Å². The van der Waals surface area contributed by atoms with Crippen LogP contribution >= 0.6 is 0 Å². The smallest absolute Gasteiger partial charge is 0.300 e. The van der Waals surface area contributed by atoms with Crippen LogP contribution in [-0.2, 0) is 4.79 Å². The molecule has 0 aliphatic rings. The van der Waals surface area contributed by atoms with E-state index in [1.807, 2.05) is 24.3 Å². The minimum atomic E-state index is -0.857. The second kappa shape index (κ2) is 17.2. The van der Waals surface area contributed by atoms with E-state index < -0.39 is 18.1 Å². The number of carboxylic acids is 1. The highest BCUT2D eigenvalue weighted by molar-refractivity contribution is 5.62. The molecule has 1 rings (SSSR count). The summed E-state index contributed by atoms with van der Waals surface area (Å²) in [5, 5.41) is 26.5. The molecule has 1 aromatic rings. The van der Waals surface area contributed by atoms with E-state index in [0.717, 1.165) is 25.3 Å². The van der Waals surface area contributed by atoms with Gasteiger partial charge in [-0.05, 0) is 24.1 Å². The van der Waals surface area contributed by atoms with Crippen molar-refractivity contribution in [1.82, 2.24) is 0 Å². The molecule has 28 heavy (non-hydrogen) atoms. The van der Waals surface area contributed by atoms with Crippen LogP contribution in [0, 0.1) is 11.8 Å². The molecule has 0 saturated heterocycles. The number of nitrogens with two attached hydrogens (primary N) is 1. The standard InChI is InChI=1S/C21H33NO2.C2H4O2/c1-2-3-4-5-6-7-8-9-10-11-13-18-14-12-15-19(16-18)21(24)20(22)17-23;1-2(3)4/h12,14-16,20-21,23-24H,2-10,17,22H2,1H3;1H3,(H,3,4)/t20-,21?;/m1./s1. The number of benzene rings is 1. The Bertz CT molecular complexity index is 588. The summed E-state index contributed by atoms with van der Waals surface area (Å²) in [5.41, 5.74) is 7.26. The number of rotatable bonds is 11. The molecule has 1 aromatic carbocycles. The number of hydrogen-bond donors (Lipinski definition) is 4. The maximum atomic E-state index is 10.0. The minimum Gasteiger partial charge on any atom is -0.481 e. The molecule has 0 aromatic heterocycles. The average molecular weight is 392 g/mol. The predicted octanol–water partition coefficient (Wildman–Crippen LogP) is 4.01. The molecule has 0 amide bonds. The summed E-state index contributed by atoms with van der Waals surface area (Å²) in [6.07, 6.45) is 10.5. The normalized spacial score (nSPS) is 12.2. The van der Waals surface area contributed by atoms with Crippen LogP contribution in [0.5, 0.6) is 0 Å². The van der Waals surface area contributed by atoms with Gasteiger partial charge in [-0.15, -0.1) is 0 Å². The van der Waals surface area contributed by atoms with Crippen LogP contribution in [0.1, 0.15) is 88.9 Å². The second-order valence-corrected chi connectivity index (χ2v) is 6.96. The van der Waals surface area contributed by atoms with Gasteiger partial charge in [0.05, 0.1) is 18.8 Å². The maximum Gasteiger partial charge on any atom is 0.300 e. The minimum absolute atomic E-state index is 0.241. The maximum absolute atomic E-state index is 10.0. The molecule has 0 aliphatic carbocycles. The van der Waals surface area contributed by atoms with E-state index in [1.54, 1.807) is 0 Å². The number of aliphatic hydroxyl groups excluding tert-OH is 2. The summed E-state index contributed by atoms with van der Waals surface area (Å²) in [7, 11) is 0. The quantitative estimate of drug-likeness (QED) is 0.337. The van der Waals surface area contributed by atoms with Crippen LogP contribution in [0.25, 0.3) is 0 Å². The average Bonchev–Trinajstić information content (AvgIpc) is 2.68. The lowest BCUT2D eigenvalue weighted by molar-refractivity contribution is -0.134. The lowest BCUT2D eigenvalue weighted by atomic mass is 10.0. The number of aliphatic carboxylic acids is 1. The molecule has 5 N–H and O–H groups in total. The van der Waals surface area contributed by atoms with Crippen molar-refractivity contribution in [3.05, 3.63) is 35.4 Å². The third kappa shape index (κ3) is 14.2. The van der Waals surface area contributed by atoms with Gasteiger partial charge in [0.1, 0.15) is 0 Å². The lowest BCUT2D eigenvalue weighted by Gasteiger charge is -2.16. The Morgan fingerprint density at radius 1 is 1.11 bits per heavy atom. The van der Waals surface area contributed by atoms with Gasteiger partial charge < -0.3 is 21.1 Å². The molecule has 1 unspecified atom stereocenters. The monoisotopic (exact) mass is 391 g/mol. The molecular weight excluding hydrogens is 354 g/mol. The molecule has 158 valence electrons. The fraction of sp³-hybridized carbons (Fsp3) is 0.609. The van der Waals surface area contributed by atoms with E-state index in [9.17, 15) is 5.11 Å². The summed E-state index contributed by atoms with van der Waals surface area (Å²) in [5.74, 6) is 5.53. The third-order valence-electron chi connectivity index (χ3n) is 4.23. The SMILES string of the molecule is CC(=O)O.CCCCCCCCCCC#Cc1cccc(C(O)[C@H](N)CO)c1. The highest BCUT2D eigenvalue weighted by Gasteiger charge is 2.15. The number of carboxylic acid groups (broad SMARTS) is 1. The van der Waals surface area contributed by atoms with Gasteiger partial charge >= 0.3 is 0 Å². The van der Waals surface area contributed by atoms with E-state index in [4.69, 9.17) is 20.7 Å². The van der Waals surface area contributed by atoms with Crippen molar-refractivity contribution in [2.45, 2.75) is 83.8 Å². The molecule has 5 nitrogen and oxygen atoms in total. The molecule has 0 heterocycles. The number of aliphatic hydroxyl groups is 2. The first-order valence-electron chi connectivity index (χ1n) is 10.2. The van der Waals surface area contributed by atoms with Gasteiger partial charge in [-0.25, -0.2) is 0 Å². The Labute approximate surface area is 170 Å². The van der Waals surface area contributed by atoms with Crippen molar-refractivity contribution in [2.75, 3.05) is 6.61 Å². The summed E-state index contributed by atoms with van der Waals surface area (Å²) in [6.45, 7) is 3.09. The van der Waals surface area contributed by atoms with Gasteiger partial charge in [-0.2, -0.15) is 0 Å². The zero-order valence-corrected chi connectivity index (χ0v) is 17.4. The first kappa shape index (κ1) is 26.1. The van der Waals surface area contributed by atoms with Crippen LogP contribution < -0.4 is 5.73 Å². The van der Waals surface area contributed by atoms with Crippen molar-refractivity contribution in [2.24, 2.45) is 5.73 Å². The largest absolute Gasteiger partial charge is 0.481 e. The van der Waals surface area contributed by atoms with Crippen LogP contribution in [0.3, 0.4) is 0 Å². The van der Waals surface area contributed by atoms with E-state index >= 15 is 0 Å². The molecule has 2 atom stereocenters. The number of hydrogen-bond acceptors (Lipinski definition) is 4. The van der Waals surface area contributed by atoms with Gasteiger partial charge in [-0.1, -0.05) is 75.8 Å². The van der Waals surface area contributed by atoms with Crippen molar-refractivity contribution in [3.63, 3.8) is 0 Å². The Morgan fingerprint density at radius 3 is 2.25 bits per heavy atom. The van der Waals surface area contributed by atoms with Gasteiger partial charge in [0.2, 0.25) is 0 Å². The molecule has 5 heteroatoms. The lowest BCUT2D eigenvalue weighted by Crippen LogP contribution is -2.31. The third-order valence-corrected chi connectivity index (χ3v) is 4.23.